The second-order valence-corrected chi connectivity index (χ2v) is 9.78. The molecule has 3 aromatic rings. The maximum Gasteiger partial charge on any atom is 0.271 e. The molecule has 34 heavy (non-hydrogen) atoms. The van der Waals surface area contributed by atoms with Gasteiger partial charge in [0.05, 0.1) is 27.7 Å². The van der Waals surface area contributed by atoms with Gasteiger partial charge in [-0.15, -0.1) is 0 Å². The third-order valence-corrected chi connectivity index (χ3v) is 7.08. The third-order valence-electron chi connectivity index (χ3n) is 4.87. The molecule has 1 fully saturated rings. The molecule has 10 heteroatoms. The van der Waals surface area contributed by atoms with Gasteiger partial charge in [0.15, 0.2) is 16.7 Å². The van der Waals surface area contributed by atoms with Crippen molar-refractivity contribution in [1.82, 2.24) is 0 Å². The summed E-state index contributed by atoms with van der Waals surface area (Å²) < 4.78 is 11.4. The molecule has 1 N–H and O–H groups in total. The summed E-state index contributed by atoms with van der Waals surface area (Å²) in [5, 5.41) is 10.1. The lowest BCUT2D eigenvalue weighted by atomic mass is 10.1. The van der Waals surface area contributed by atoms with Crippen LogP contribution >= 0.6 is 58.2 Å². The van der Waals surface area contributed by atoms with Crippen molar-refractivity contribution in [1.29, 1.82) is 5.41 Å². The van der Waals surface area contributed by atoms with Crippen molar-refractivity contribution in [3.05, 3.63) is 90.7 Å². The maximum absolute atomic E-state index is 13.0. The second kappa shape index (κ2) is 10.5. The summed E-state index contributed by atoms with van der Waals surface area (Å²) >= 11 is 25.3. The molecule has 174 valence electrons. The molecule has 0 aromatic heterocycles. The molecule has 3 aromatic carbocycles. The second-order valence-electron chi connectivity index (χ2n) is 7.09. The molecule has 1 saturated heterocycles. The van der Waals surface area contributed by atoms with Gasteiger partial charge in [0.2, 0.25) is 0 Å². The number of ether oxygens (including phenoxy) is 2. The molecule has 0 bridgehead atoms. The van der Waals surface area contributed by atoms with Crippen LogP contribution in [-0.4, -0.2) is 18.2 Å². The Hall–Kier alpha value is -2.35. The van der Waals surface area contributed by atoms with E-state index in [0.717, 1.165) is 17.3 Å². The quantitative estimate of drug-likeness (QED) is 0.315. The fourth-order valence-corrected chi connectivity index (χ4v) is 4.80. The number of nitrogens with zero attached hydrogens (tertiary/aromatic N) is 1. The number of hydrogen-bond donors (Lipinski definition) is 1. The van der Waals surface area contributed by atoms with E-state index in [1.165, 1.54) is 12.0 Å². The van der Waals surface area contributed by atoms with Gasteiger partial charge in [-0.25, -0.2) is 0 Å². The summed E-state index contributed by atoms with van der Waals surface area (Å²) in [6, 6.07) is 15.3. The number of amides is 1. The molecule has 1 aliphatic heterocycles. The van der Waals surface area contributed by atoms with Gasteiger partial charge in [-0.1, -0.05) is 58.5 Å². The normalized spacial score (nSPS) is 14.7. The average molecular weight is 554 g/mol. The number of carbonyl (C=O) groups excluding carboxylic acids is 1. The van der Waals surface area contributed by atoms with E-state index in [-0.39, 0.29) is 17.7 Å². The summed E-state index contributed by atoms with van der Waals surface area (Å²) in [7, 11) is 1.53. The number of nitrogens with one attached hydrogen (secondary N) is 1. The predicted octanol–water partition coefficient (Wildman–Crippen LogP) is 7.94. The van der Waals surface area contributed by atoms with Crippen molar-refractivity contribution in [2.45, 2.75) is 6.61 Å². The number of halogens is 4. The summed E-state index contributed by atoms with van der Waals surface area (Å²) in [6.45, 7) is 0.233. The first-order chi connectivity index (χ1) is 16.3. The maximum atomic E-state index is 13.0. The minimum atomic E-state index is -0.329. The van der Waals surface area contributed by atoms with Crippen LogP contribution in [0, 0.1) is 5.41 Å². The monoisotopic (exact) mass is 552 g/mol. The van der Waals surface area contributed by atoms with Gasteiger partial charge in [-0.2, -0.15) is 0 Å². The lowest BCUT2D eigenvalue weighted by Gasteiger charge is -2.15. The highest BCUT2D eigenvalue weighted by Crippen LogP contribution is 2.38. The molecular formula is C24H16Cl4N2O3S. The number of rotatable bonds is 6. The number of methoxy groups -OCH3 is 1. The zero-order chi connectivity index (χ0) is 24.4. The van der Waals surface area contributed by atoms with Crippen molar-refractivity contribution < 1.29 is 14.3 Å². The molecule has 5 nitrogen and oxygen atoms in total. The van der Waals surface area contributed by atoms with Crippen LogP contribution in [0.25, 0.3) is 6.08 Å². The highest BCUT2D eigenvalue weighted by atomic mass is 35.5. The summed E-state index contributed by atoms with van der Waals surface area (Å²) in [5.41, 5.74) is 1.98. The molecule has 1 aliphatic rings. The Kier molecular flexibility index (Phi) is 7.65. The zero-order valence-electron chi connectivity index (χ0n) is 17.6. The van der Waals surface area contributed by atoms with E-state index in [0.29, 0.717) is 47.7 Å². The lowest BCUT2D eigenvalue weighted by Crippen LogP contribution is -2.28. The van der Waals surface area contributed by atoms with Crippen molar-refractivity contribution >= 4 is 81.0 Å². The van der Waals surface area contributed by atoms with Crippen LogP contribution in [0.2, 0.25) is 20.1 Å². The summed E-state index contributed by atoms with van der Waals surface area (Å²) in [4.78, 5) is 14.7. The van der Waals surface area contributed by atoms with Crippen molar-refractivity contribution in [3.63, 3.8) is 0 Å². The predicted molar refractivity (Wildman–Crippen MR) is 141 cm³/mol. The average Bonchev–Trinajstić information content (AvgIpc) is 3.08. The Morgan fingerprint density at radius 1 is 0.941 bits per heavy atom. The molecule has 0 aliphatic carbocycles. The fraction of sp³-hybridized carbons (Fsp3) is 0.0833. The molecular weight excluding hydrogens is 538 g/mol. The van der Waals surface area contributed by atoms with Crippen LogP contribution in [0.15, 0.2) is 59.5 Å². The number of anilines is 1. The first kappa shape index (κ1) is 24.8. The highest BCUT2D eigenvalue weighted by Gasteiger charge is 2.33. The number of benzene rings is 3. The number of hydrogen-bond acceptors (Lipinski definition) is 5. The highest BCUT2D eigenvalue weighted by molar-refractivity contribution is 8.19. The molecule has 0 atom stereocenters. The summed E-state index contributed by atoms with van der Waals surface area (Å²) in [5.74, 6) is 0.683. The largest absolute Gasteiger partial charge is 0.493 e. The summed E-state index contributed by atoms with van der Waals surface area (Å²) in [6.07, 6.45) is 1.70. The standard InChI is InChI=1S/C24H16Cl4N2O3S/c1-32-21-8-13(2-7-20(21)33-12-14-3-4-15(25)10-18(14)27)9-22-23(31)30(24(29)34-22)16-5-6-17(26)19(28)11-16/h2-11,29H,12H2,1H3/b22-9-,29-24?. The van der Waals surface area contributed by atoms with E-state index in [9.17, 15) is 4.79 Å². The Bertz CT molecular complexity index is 1330. The van der Waals surface area contributed by atoms with Crippen molar-refractivity contribution in [2.75, 3.05) is 12.0 Å². The Labute approximate surface area is 220 Å². The van der Waals surface area contributed by atoms with Gasteiger partial charge in [-0.3, -0.25) is 15.1 Å². The molecule has 1 amide bonds. The van der Waals surface area contributed by atoms with Crippen LogP contribution in [0.1, 0.15) is 11.1 Å². The Balaban J connectivity index is 1.54. The van der Waals surface area contributed by atoms with Crippen LogP contribution in [0.3, 0.4) is 0 Å². The molecule has 4 rings (SSSR count). The van der Waals surface area contributed by atoms with E-state index in [2.05, 4.69) is 0 Å². The first-order valence-electron chi connectivity index (χ1n) is 9.79. The molecule has 0 spiro atoms. The Morgan fingerprint density at radius 2 is 1.74 bits per heavy atom. The van der Waals surface area contributed by atoms with Crippen LogP contribution in [-0.2, 0) is 11.4 Å². The van der Waals surface area contributed by atoms with Gasteiger partial charge >= 0.3 is 0 Å². The Morgan fingerprint density at radius 3 is 2.44 bits per heavy atom. The van der Waals surface area contributed by atoms with Crippen molar-refractivity contribution in [3.8, 4) is 11.5 Å². The van der Waals surface area contributed by atoms with Gasteiger partial charge in [0, 0.05) is 15.6 Å². The lowest BCUT2D eigenvalue weighted by molar-refractivity contribution is -0.113. The van der Waals surface area contributed by atoms with E-state index in [1.54, 1.807) is 60.7 Å². The van der Waals surface area contributed by atoms with Crippen LogP contribution < -0.4 is 14.4 Å². The third kappa shape index (κ3) is 5.32. The van der Waals surface area contributed by atoms with E-state index in [4.69, 9.17) is 61.3 Å². The number of thioether (sulfide) groups is 1. The SMILES string of the molecule is COc1cc(/C=C2\SC(=N)N(c3ccc(Cl)c(Cl)c3)C2=O)ccc1OCc1ccc(Cl)cc1Cl. The van der Waals surface area contributed by atoms with Crippen LogP contribution in [0.5, 0.6) is 11.5 Å². The molecule has 1 heterocycles. The molecule has 0 unspecified atom stereocenters. The van der Waals surface area contributed by atoms with Gasteiger partial charge in [0.25, 0.3) is 5.91 Å². The van der Waals surface area contributed by atoms with E-state index < -0.39 is 0 Å². The first-order valence-corrected chi connectivity index (χ1v) is 12.1. The fourth-order valence-electron chi connectivity index (χ4n) is 3.18. The van der Waals surface area contributed by atoms with Gasteiger partial charge < -0.3 is 9.47 Å². The zero-order valence-corrected chi connectivity index (χ0v) is 21.4. The topological polar surface area (TPSA) is 62.6 Å². The molecule has 0 radical (unpaired) electrons. The van der Waals surface area contributed by atoms with E-state index in [1.807, 2.05) is 0 Å². The van der Waals surface area contributed by atoms with Gasteiger partial charge in [-0.05, 0) is 65.9 Å². The minimum Gasteiger partial charge on any atom is -0.493 e. The minimum absolute atomic E-state index is 0.0707. The number of amidine groups is 1. The van der Waals surface area contributed by atoms with E-state index >= 15 is 0 Å². The van der Waals surface area contributed by atoms with Gasteiger partial charge in [0.1, 0.15) is 6.61 Å². The van der Waals surface area contributed by atoms with Crippen molar-refractivity contribution in [2.24, 2.45) is 0 Å². The van der Waals surface area contributed by atoms with Crippen LogP contribution in [0.4, 0.5) is 5.69 Å². The molecule has 0 saturated carbocycles. The number of carbonyl (C=O) groups is 1. The smallest absolute Gasteiger partial charge is 0.271 e.